The monoisotopic (exact) mass is 250 g/mol. The Balaban J connectivity index is 2.78. The molecule has 3 heteroatoms. The summed E-state index contributed by atoms with van der Waals surface area (Å²) in [4.78, 5) is 0. The number of halogens is 1. The molecule has 1 N–H and O–H groups in total. The number of hydrogen-bond donors (Lipinski definition) is 1. The van der Waals surface area contributed by atoms with Crippen molar-refractivity contribution >= 4 is 17.3 Å². The first kappa shape index (κ1) is 13.9. The van der Waals surface area contributed by atoms with Gasteiger partial charge < -0.3 is 5.32 Å². The first-order chi connectivity index (χ1) is 7.86. The molecule has 0 fully saturated rings. The highest BCUT2D eigenvalue weighted by Gasteiger charge is 2.19. The van der Waals surface area contributed by atoms with Crippen molar-refractivity contribution in [1.82, 2.24) is 0 Å². The number of nitrogens with one attached hydrogen (secondary N) is 1. The third kappa shape index (κ3) is 3.64. The van der Waals surface area contributed by atoms with Gasteiger partial charge in [-0.15, -0.1) is 0 Å². The molecular weight excluding hydrogens is 232 g/mol. The lowest BCUT2D eigenvalue weighted by Gasteiger charge is -2.27. The molecule has 0 saturated heterocycles. The van der Waals surface area contributed by atoms with Crippen LogP contribution in [-0.2, 0) is 0 Å². The molecule has 17 heavy (non-hydrogen) atoms. The number of anilines is 1. The number of rotatable bonds is 3. The summed E-state index contributed by atoms with van der Waals surface area (Å²) in [5.41, 5.74) is 1.59. The van der Waals surface area contributed by atoms with Crippen molar-refractivity contribution in [2.45, 2.75) is 27.7 Å². The van der Waals surface area contributed by atoms with Crippen LogP contribution in [0.1, 0.15) is 33.3 Å². The molecule has 0 radical (unpaired) electrons. The highest BCUT2D eigenvalue weighted by molar-refractivity contribution is 6.32. The van der Waals surface area contributed by atoms with Crippen LogP contribution in [0.25, 0.3) is 0 Å². The first-order valence-electron chi connectivity index (χ1n) is 5.78. The lowest BCUT2D eigenvalue weighted by Crippen LogP contribution is -2.25. The van der Waals surface area contributed by atoms with Gasteiger partial charge in [0, 0.05) is 6.54 Å². The van der Waals surface area contributed by atoms with E-state index in [0.29, 0.717) is 16.5 Å². The zero-order valence-corrected chi connectivity index (χ0v) is 11.6. The van der Waals surface area contributed by atoms with Gasteiger partial charge in [0.15, 0.2) is 0 Å². The smallest absolute Gasteiger partial charge is 0.103 e. The molecule has 1 aromatic rings. The lowest BCUT2D eigenvalue weighted by atomic mass is 9.82. The maximum atomic E-state index is 9.05. The molecule has 1 unspecified atom stereocenters. The molecule has 92 valence electrons. The van der Waals surface area contributed by atoms with E-state index < -0.39 is 0 Å². The van der Waals surface area contributed by atoms with E-state index in [-0.39, 0.29) is 5.41 Å². The molecule has 0 saturated carbocycles. The van der Waals surface area contributed by atoms with Crippen LogP contribution in [0.4, 0.5) is 5.69 Å². The largest absolute Gasteiger partial charge is 0.384 e. The van der Waals surface area contributed by atoms with Crippen molar-refractivity contribution in [2.24, 2.45) is 11.3 Å². The van der Waals surface area contributed by atoms with Crippen LogP contribution in [0.2, 0.25) is 5.02 Å². The van der Waals surface area contributed by atoms with Crippen molar-refractivity contribution in [2.75, 3.05) is 11.9 Å². The third-order valence-electron chi connectivity index (χ3n) is 3.20. The fraction of sp³-hybridized carbons (Fsp3) is 0.500. The van der Waals surface area contributed by atoms with Crippen LogP contribution in [0.15, 0.2) is 18.2 Å². The van der Waals surface area contributed by atoms with Crippen molar-refractivity contribution < 1.29 is 0 Å². The maximum Gasteiger partial charge on any atom is 0.103 e. The van der Waals surface area contributed by atoms with Gasteiger partial charge in [-0.05, 0) is 23.5 Å². The van der Waals surface area contributed by atoms with Gasteiger partial charge in [-0.25, -0.2) is 0 Å². The normalized spacial score (nSPS) is 12.9. The topological polar surface area (TPSA) is 35.8 Å². The van der Waals surface area contributed by atoms with Crippen LogP contribution >= 0.6 is 11.6 Å². The van der Waals surface area contributed by atoms with Gasteiger partial charge in [0.05, 0.1) is 16.3 Å². The van der Waals surface area contributed by atoms with Gasteiger partial charge in [0.1, 0.15) is 6.07 Å². The summed E-state index contributed by atoms with van der Waals surface area (Å²) in [6, 6.07) is 7.61. The van der Waals surface area contributed by atoms with Gasteiger partial charge in [0.2, 0.25) is 0 Å². The predicted molar refractivity (Wildman–Crippen MR) is 73.3 cm³/mol. The third-order valence-corrected chi connectivity index (χ3v) is 3.52. The molecule has 2 nitrogen and oxygen atoms in total. The standard InChI is InChI=1S/C14H19ClN2/c1-10(14(2,3)4)9-17-13-7-5-6-12(15)11(13)8-16/h5-7,10,17H,9H2,1-4H3. The molecule has 1 aromatic carbocycles. The Morgan fingerprint density at radius 2 is 2.06 bits per heavy atom. The Hall–Kier alpha value is -1.20. The molecule has 0 heterocycles. The second kappa shape index (κ2) is 5.42. The van der Waals surface area contributed by atoms with E-state index in [1.54, 1.807) is 6.07 Å². The van der Waals surface area contributed by atoms with Crippen LogP contribution in [0.3, 0.4) is 0 Å². The molecule has 0 aliphatic rings. The minimum atomic E-state index is 0.248. The van der Waals surface area contributed by atoms with E-state index in [4.69, 9.17) is 16.9 Å². The fourth-order valence-electron chi connectivity index (χ4n) is 1.35. The van der Waals surface area contributed by atoms with Crippen LogP contribution in [0.5, 0.6) is 0 Å². The second-order valence-corrected chi connectivity index (χ2v) is 5.83. The lowest BCUT2D eigenvalue weighted by molar-refractivity contribution is 0.274. The fourth-order valence-corrected chi connectivity index (χ4v) is 1.57. The number of nitrogens with zero attached hydrogens (tertiary/aromatic N) is 1. The molecule has 0 aromatic heterocycles. The first-order valence-corrected chi connectivity index (χ1v) is 6.16. The highest BCUT2D eigenvalue weighted by Crippen LogP contribution is 2.27. The Labute approximate surface area is 109 Å². The van der Waals surface area contributed by atoms with E-state index in [1.807, 2.05) is 12.1 Å². The van der Waals surface area contributed by atoms with E-state index in [1.165, 1.54) is 0 Å². The summed E-state index contributed by atoms with van der Waals surface area (Å²) in [5, 5.41) is 12.9. The molecule has 0 aliphatic heterocycles. The van der Waals surface area contributed by atoms with E-state index in [2.05, 4.69) is 39.1 Å². The van der Waals surface area contributed by atoms with Crippen LogP contribution < -0.4 is 5.32 Å². The molecule has 0 bridgehead atoms. The Morgan fingerprint density at radius 3 is 2.59 bits per heavy atom. The number of benzene rings is 1. The summed E-state index contributed by atoms with van der Waals surface area (Å²) in [6.07, 6.45) is 0. The molecule has 0 spiro atoms. The summed E-state index contributed by atoms with van der Waals surface area (Å²) in [6.45, 7) is 9.66. The minimum Gasteiger partial charge on any atom is -0.384 e. The average molecular weight is 251 g/mol. The number of nitriles is 1. The summed E-state index contributed by atoms with van der Waals surface area (Å²) in [5.74, 6) is 0.507. The Kier molecular flexibility index (Phi) is 4.42. The van der Waals surface area contributed by atoms with Crippen LogP contribution in [0, 0.1) is 22.7 Å². The zero-order chi connectivity index (χ0) is 13.1. The zero-order valence-electron chi connectivity index (χ0n) is 10.8. The Bertz CT molecular complexity index is 427. The number of hydrogen-bond acceptors (Lipinski definition) is 2. The quantitative estimate of drug-likeness (QED) is 0.868. The maximum absolute atomic E-state index is 9.05. The van der Waals surface area contributed by atoms with Gasteiger partial charge in [-0.3, -0.25) is 0 Å². The summed E-state index contributed by atoms with van der Waals surface area (Å²) in [7, 11) is 0. The predicted octanol–water partition coefficient (Wildman–Crippen LogP) is 4.31. The molecule has 0 aliphatic carbocycles. The summed E-state index contributed by atoms with van der Waals surface area (Å²) < 4.78 is 0. The van der Waals surface area contributed by atoms with E-state index in [0.717, 1.165) is 12.2 Å². The van der Waals surface area contributed by atoms with Crippen molar-refractivity contribution in [3.8, 4) is 6.07 Å². The van der Waals surface area contributed by atoms with Gasteiger partial charge in [-0.1, -0.05) is 45.4 Å². The van der Waals surface area contributed by atoms with Gasteiger partial charge in [-0.2, -0.15) is 5.26 Å². The van der Waals surface area contributed by atoms with Crippen LogP contribution in [-0.4, -0.2) is 6.54 Å². The minimum absolute atomic E-state index is 0.248. The van der Waals surface area contributed by atoms with Crippen molar-refractivity contribution in [1.29, 1.82) is 5.26 Å². The van der Waals surface area contributed by atoms with Gasteiger partial charge >= 0.3 is 0 Å². The molecule has 0 amide bonds. The molecule has 1 rings (SSSR count). The molecular formula is C14H19ClN2. The average Bonchev–Trinajstić information content (AvgIpc) is 2.24. The Morgan fingerprint density at radius 1 is 1.41 bits per heavy atom. The highest BCUT2D eigenvalue weighted by atomic mass is 35.5. The van der Waals surface area contributed by atoms with Crippen molar-refractivity contribution in [3.63, 3.8) is 0 Å². The van der Waals surface area contributed by atoms with Crippen molar-refractivity contribution in [3.05, 3.63) is 28.8 Å². The van der Waals surface area contributed by atoms with Gasteiger partial charge in [0.25, 0.3) is 0 Å². The van der Waals surface area contributed by atoms with E-state index >= 15 is 0 Å². The molecule has 1 atom stereocenters. The summed E-state index contributed by atoms with van der Waals surface area (Å²) >= 11 is 5.97. The SMILES string of the molecule is CC(CNc1cccc(Cl)c1C#N)C(C)(C)C. The van der Waals surface area contributed by atoms with E-state index in [9.17, 15) is 0 Å². The second-order valence-electron chi connectivity index (χ2n) is 5.42.